The SMILES string of the molecule is O=C(Nc1cccc(Br)c1)N1Cc2ccccc2-n2cccc2[C@H]1c1ccccc1. The highest BCUT2D eigenvalue weighted by Gasteiger charge is 2.32. The quantitative estimate of drug-likeness (QED) is 0.372. The van der Waals surface area contributed by atoms with Crippen molar-refractivity contribution in [2.45, 2.75) is 12.6 Å². The van der Waals surface area contributed by atoms with Crippen molar-refractivity contribution < 1.29 is 4.79 Å². The number of carbonyl (C=O) groups is 1. The van der Waals surface area contributed by atoms with Crippen LogP contribution in [0.4, 0.5) is 10.5 Å². The Morgan fingerprint density at radius 2 is 1.70 bits per heavy atom. The minimum atomic E-state index is -0.208. The van der Waals surface area contributed by atoms with E-state index >= 15 is 0 Å². The molecule has 0 saturated heterocycles. The molecule has 5 rings (SSSR count). The van der Waals surface area contributed by atoms with Crippen LogP contribution in [0.2, 0.25) is 0 Å². The predicted octanol–water partition coefficient (Wildman–Crippen LogP) is 6.38. The number of aromatic nitrogens is 1. The first-order valence-electron chi connectivity index (χ1n) is 9.84. The maximum absolute atomic E-state index is 13.5. The van der Waals surface area contributed by atoms with Gasteiger partial charge in [-0.05, 0) is 47.5 Å². The van der Waals surface area contributed by atoms with Crippen molar-refractivity contribution in [3.63, 3.8) is 0 Å². The Kier molecular flexibility index (Phi) is 4.89. The van der Waals surface area contributed by atoms with Crippen LogP contribution in [0, 0.1) is 0 Å². The van der Waals surface area contributed by atoms with E-state index in [0.717, 1.165) is 32.7 Å². The van der Waals surface area contributed by atoms with Crippen LogP contribution in [0.5, 0.6) is 0 Å². The van der Waals surface area contributed by atoms with Gasteiger partial charge in [-0.1, -0.05) is 70.5 Å². The molecule has 30 heavy (non-hydrogen) atoms. The van der Waals surface area contributed by atoms with Gasteiger partial charge in [0.05, 0.1) is 18.3 Å². The van der Waals surface area contributed by atoms with Crippen LogP contribution >= 0.6 is 15.9 Å². The molecule has 2 heterocycles. The second-order valence-electron chi connectivity index (χ2n) is 7.31. The summed E-state index contributed by atoms with van der Waals surface area (Å²) in [4.78, 5) is 15.5. The van der Waals surface area contributed by atoms with Gasteiger partial charge < -0.3 is 14.8 Å². The molecule has 2 amide bonds. The highest BCUT2D eigenvalue weighted by molar-refractivity contribution is 9.10. The minimum Gasteiger partial charge on any atom is -0.318 e. The maximum Gasteiger partial charge on any atom is 0.322 e. The van der Waals surface area contributed by atoms with Crippen molar-refractivity contribution in [3.8, 4) is 5.69 Å². The van der Waals surface area contributed by atoms with E-state index < -0.39 is 0 Å². The summed E-state index contributed by atoms with van der Waals surface area (Å²) in [5.41, 5.74) is 5.12. The van der Waals surface area contributed by atoms with Crippen LogP contribution in [0.1, 0.15) is 22.9 Å². The van der Waals surface area contributed by atoms with E-state index in [4.69, 9.17) is 0 Å². The number of carbonyl (C=O) groups excluding carboxylic acids is 1. The zero-order chi connectivity index (χ0) is 20.5. The smallest absolute Gasteiger partial charge is 0.318 e. The van der Waals surface area contributed by atoms with Crippen molar-refractivity contribution in [2.75, 3.05) is 5.32 Å². The van der Waals surface area contributed by atoms with Crippen molar-refractivity contribution in [1.82, 2.24) is 9.47 Å². The predicted molar refractivity (Wildman–Crippen MR) is 123 cm³/mol. The fourth-order valence-corrected chi connectivity index (χ4v) is 4.49. The van der Waals surface area contributed by atoms with Crippen molar-refractivity contribution in [2.24, 2.45) is 0 Å². The van der Waals surface area contributed by atoms with Gasteiger partial charge in [0.1, 0.15) is 0 Å². The summed E-state index contributed by atoms with van der Waals surface area (Å²) >= 11 is 3.48. The maximum atomic E-state index is 13.5. The second kappa shape index (κ2) is 7.84. The van der Waals surface area contributed by atoms with Gasteiger partial charge in [0.2, 0.25) is 0 Å². The zero-order valence-corrected chi connectivity index (χ0v) is 17.8. The third kappa shape index (κ3) is 3.42. The fourth-order valence-electron chi connectivity index (χ4n) is 4.09. The zero-order valence-electron chi connectivity index (χ0n) is 16.2. The van der Waals surface area contributed by atoms with E-state index in [9.17, 15) is 4.79 Å². The van der Waals surface area contributed by atoms with Crippen LogP contribution in [0.25, 0.3) is 5.69 Å². The molecular formula is C25H20BrN3O. The third-order valence-corrected chi connectivity index (χ3v) is 5.91. The summed E-state index contributed by atoms with van der Waals surface area (Å²) in [5, 5.41) is 3.08. The van der Waals surface area contributed by atoms with Gasteiger partial charge in [0, 0.05) is 22.1 Å². The van der Waals surface area contributed by atoms with Crippen molar-refractivity contribution in [3.05, 3.63) is 118 Å². The average Bonchev–Trinajstić information content (AvgIpc) is 3.18. The molecule has 1 aliphatic heterocycles. The van der Waals surface area contributed by atoms with Crippen LogP contribution in [0.15, 0.2) is 102 Å². The van der Waals surface area contributed by atoms with Crippen LogP contribution in [-0.4, -0.2) is 15.5 Å². The molecule has 0 spiro atoms. The molecule has 3 aromatic carbocycles. The van der Waals surface area contributed by atoms with Gasteiger partial charge >= 0.3 is 6.03 Å². The Hall–Kier alpha value is -3.31. The number of halogens is 1. The summed E-state index contributed by atoms with van der Waals surface area (Å²) in [6.45, 7) is 0.511. The number of urea groups is 1. The van der Waals surface area contributed by atoms with E-state index in [1.807, 2.05) is 65.6 Å². The van der Waals surface area contributed by atoms with E-state index in [0.29, 0.717) is 6.54 Å². The summed E-state index contributed by atoms with van der Waals surface area (Å²) in [6, 6.07) is 29.9. The van der Waals surface area contributed by atoms with Gasteiger partial charge in [0.15, 0.2) is 0 Å². The van der Waals surface area contributed by atoms with E-state index in [1.54, 1.807) is 0 Å². The number of anilines is 1. The Labute approximate surface area is 183 Å². The molecular weight excluding hydrogens is 438 g/mol. The Morgan fingerprint density at radius 3 is 2.53 bits per heavy atom. The van der Waals surface area contributed by atoms with Gasteiger partial charge in [-0.3, -0.25) is 0 Å². The van der Waals surface area contributed by atoms with E-state index in [2.05, 4.69) is 62.3 Å². The average molecular weight is 458 g/mol. The third-order valence-electron chi connectivity index (χ3n) is 5.42. The van der Waals surface area contributed by atoms with Crippen molar-refractivity contribution >= 4 is 27.6 Å². The molecule has 1 aliphatic rings. The van der Waals surface area contributed by atoms with Crippen LogP contribution in [0.3, 0.4) is 0 Å². The molecule has 4 nitrogen and oxygen atoms in total. The van der Waals surface area contributed by atoms with E-state index in [1.165, 1.54) is 0 Å². The Bertz CT molecular complexity index is 1200. The normalized spacial score (nSPS) is 15.1. The van der Waals surface area contributed by atoms with Crippen LogP contribution in [-0.2, 0) is 6.54 Å². The number of nitrogens with zero attached hydrogens (tertiary/aromatic N) is 2. The standard InChI is InChI=1S/C25H20BrN3O/c26-20-11-6-12-21(16-20)27-25(30)29-17-19-10-4-5-13-22(19)28-15-7-14-23(28)24(29)18-8-2-1-3-9-18/h1-16,24H,17H2,(H,27,30)/t24-/m1/s1. The molecule has 4 aromatic rings. The monoisotopic (exact) mass is 457 g/mol. The molecule has 0 radical (unpaired) electrons. The van der Waals surface area contributed by atoms with Crippen LogP contribution < -0.4 is 5.32 Å². The summed E-state index contributed by atoms with van der Waals surface area (Å²) < 4.78 is 3.12. The van der Waals surface area contributed by atoms with Crippen molar-refractivity contribution in [1.29, 1.82) is 0 Å². The summed E-state index contributed by atoms with van der Waals surface area (Å²) in [6.07, 6.45) is 2.07. The molecule has 148 valence electrons. The summed E-state index contributed by atoms with van der Waals surface area (Å²) in [7, 11) is 0. The molecule has 5 heteroatoms. The number of benzene rings is 3. The molecule has 0 fully saturated rings. The Balaban J connectivity index is 1.63. The fraction of sp³-hybridized carbons (Fsp3) is 0.0800. The number of rotatable bonds is 2. The molecule has 1 atom stereocenters. The van der Waals surface area contributed by atoms with Gasteiger partial charge in [-0.25, -0.2) is 4.79 Å². The number of nitrogens with one attached hydrogen (secondary N) is 1. The number of hydrogen-bond donors (Lipinski definition) is 1. The lowest BCUT2D eigenvalue weighted by atomic mass is 10.0. The summed E-state index contributed by atoms with van der Waals surface area (Å²) in [5.74, 6) is 0. The molecule has 0 unspecified atom stereocenters. The highest BCUT2D eigenvalue weighted by Crippen LogP contribution is 2.36. The lowest BCUT2D eigenvalue weighted by Gasteiger charge is -2.31. The molecule has 0 aliphatic carbocycles. The molecule has 0 bridgehead atoms. The second-order valence-corrected chi connectivity index (χ2v) is 8.23. The number of hydrogen-bond acceptors (Lipinski definition) is 1. The topological polar surface area (TPSA) is 37.3 Å². The largest absolute Gasteiger partial charge is 0.322 e. The molecule has 1 N–H and O–H groups in total. The first-order valence-corrected chi connectivity index (χ1v) is 10.6. The first-order chi connectivity index (χ1) is 14.7. The lowest BCUT2D eigenvalue weighted by molar-refractivity contribution is 0.194. The number of para-hydroxylation sites is 1. The van der Waals surface area contributed by atoms with Gasteiger partial charge in [-0.15, -0.1) is 0 Å². The lowest BCUT2D eigenvalue weighted by Crippen LogP contribution is -2.37. The van der Waals surface area contributed by atoms with E-state index in [-0.39, 0.29) is 12.1 Å². The Morgan fingerprint density at radius 1 is 0.900 bits per heavy atom. The number of fused-ring (bicyclic) bond motifs is 3. The van der Waals surface area contributed by atoms with Gasteiger partial charge in [-0.2, -0.15) is 0 Å². The van der Waals surface area contributed by atoms with Gasteiger partial charge in [0.25, 0.3) is 0 Å². The minimum absolute atomic E-state index is 0.133. The molecule has 1 aromatic heterocycles. The molecule has 0 saturated carbocycles. The first kappa shape index (κ1) is 18.7. The number of amides is 2. The highest BCUT2D eigenvalue weighted by atomic mass is 79.9.